The highest BCUT2D eigenvalue weighted by Crippen LogP contribution is 2.48. The van der Waals surface area contributed by atoms with Crippen molar-refractivity contribution in [2.24, 2.45) is 0 Å². The van der Waals surface area contributed by atoms with E-state index < -0.39 is 36.9 Å². The van der Waals surface area contributed by atoms with Crippen LogP contribution in [0.2, 0.25) is 0 Å². The summed E-state index contributed by atoms with van der Waals surface area (Å²) >= 11 is 5.40. The molecule has 10 heteroatoms. The van der Waals surface area contributed by atoms with Crippen molar-refractivity contribution >= 4 is 11.6 Å². The Morgan fingerprint density at radius 1 is 1.00 bits per heavy atom. The summed E-state index contributed by atoms with van der Waals surface area (Å²) in [6, 6.07) is 0. The summed E-state index contributed by atoms with van der Waals surface area (Å²) in [7, 11) is 0. The molecule has 22 heavy (non-hydrogen) atoms. The van der Waals surface area contributed by atoms with Crippen LogP contribution in [-0.2, 0) is 4.74 Å². The summed E-state index contributed by atoms with van der Waals surface area (Å²) in [6.45, 7) is -0.260. The maximum atomic E-state index is 13.2. The summed E-state index contributed by atoms with van der Waals surface area (Å²) < 4.78 is 106. The molecular weight excluding hydrogens is 348 g/mol. The Labute approximate surface area is 127 Å². The van der Waals surface area contributed by atoms with Gasteiger partial charge < -0.3 is 4.74 Å². The quantitative estimate of drug-likeness (QED) is 0.272. The molecule has 0 fully saturated rings. The summed E-state index contributed by atoms with van der Waals surface area (Å²) in [4.78, 5) is 0. The summed E-state index contributed by atoms with van der Waals surface area (Å²) in [5.74, 6) is -18.2. The van der Waals surface area contributed by atoms with Gasteiger partial charge in [0, 0.05) is 5.88 Å². The maximum absolute atomic E-state index is 13.2. The first kappa shape index (κ1) is 21.7. The normalized spacial score (nSPS) is 15.4. The molecule has 0 spiro atoms. The van der Waals surface area contributed by atoms with Crippen LogP contribution in [0.1, 0.15) is 32.6 Å². The second-order valence-corrected chi connectivity index (χ2v) is 5.09. The standard InChI is InChI=1S/C12H17ClF8O/c1-2-3-4-5-8(6-13)22-7-10(16,17)12(20,21)11(18,19)9(14)15/h8-9H,2-7H2,1H3. The van der Waals surface area contributed by atoms with E-state index in [0.717, 1.165) is 6.42 Å². The van der Waals surface area contributed by atoms with Crippen LogP contribution in [0.5, 0.6) is 0 Å². The number of hydrogen-bond acceptors (Lipinski definition) is 1. The lowest BCUT2D eigenvalue weighted by Crippen LogP contribution is -2.59. The van der Waals surface area contributed by atoms with Gasteiger partial charge in [-0.25, -0.2) is 8.78 Å². The minimum absolute atomic E-state index is 0.171. The van der Waals surface area contributed by atoms with Crippen LogP contribution in [0.15, 0.2) is 0 Å². The van der Waals surface area contributed by atoms with Crippen molar-refractivity contribution in [3.8, 4) is 0 Å². The molecule has 1 unspecified atom stereocenters. The molecule has 0 amide bonds. The predicted molar refractivity (Wildman–Crippen MR) is 65.4 cm³/mol. The van der Waals surface area contributed by atoms with Gasteiger partial charge in [0.2, 0.25) is 0 Å². The van der Waals surface area contributed by atoms with Gasteiger partial charge in [-0.15, -0.1) is 11.6 Å². The number of hydrogen-bond donors (Lipinski definition) is 0. The van der Waals surface area contributed by atoms with Gasteiger partial charge in [-0.1, -0.05) is 26.2 Å². The Kier molecular flexibility index (Phi) is 8.40. The molecule has 0 heterocycles. The van der Waals surface area contributed by atoms with E-state index >= 15 is 0 Å². The molecule has 0 aliphatic carbocycles. The van der Waals surface area contributed by atoms with Gasteiger partial charge in [0.25, 0.3) is 0 Å². The average molecular weight is 365 g/mol. The van der Waals surface area contributed by atoms with Gasteiger partial charge in [0.15, 0.2) is 0 Å². The second kappa shape index (κ2) is 8.52. The van der Waals surface area contributed by atoms with E-state index in [1.807, 2.05) is 6.92 Å². The zero-order valence-corrected chi connectivity index (χ0v) is 12.5. The van der Waals surface area contributed by atoms with Crippen molar-refractivity contribution < 1.29 is 39.9 Å². The number of unbranched alkanes of at least 4 members (excludes halogenated alkanes) is 2. The summed E-state index contributed by atoms with van der Waals surface area (Å²) in [5, 5.41) is 0. The molecule has 0 N–H and O–H groups in total. The van der Waals surface area contributed by atoms with Gasteiger partial charge in [0.1, 0.15) is 6.61 Å². The van der Waals surface area contributed by atoms with Gasteiger partial charge in [-0.2, -0.15) is 26.3 Å². The number of alkyl halides is 9. The molecule has 0 aliphatic heterocycles. The van der Waals surface area contributed by atoms with E-state index in [4.69, 9.17) is 11.6 Å². The predicted octanol–water partition coefficient (Wildman–Crippen LogP) is 5.36. The van der Waals surface area contributed by atoms with Crippen LogP contribution in [-0.4, -0.2) is 42.8 Å². The molecule has 0 aromatic heterocycles. The Morgan fingerprint density at radius 2 is 1.55 bits per heavy atom. The third-order valence-corrected chi connectivity index (χ3v) is 3.30. The molecule has 0 aromatic rings. The topological polar surface area (TPSA) is 9.23 Å². The molecule has 0 saturated carbocycles. The van der Waals surface area contributed by atoms with Gasteiger partial charge >= 0.3 is 24.2 Å². The van der Waals surface area contributed by atoms with E-state index in [1.54, 1.807) is 0 Å². The lowest BCUT2D eigenvalue weighted by atomic mass is 10.1. The monoisotopic (exact) mass is 364 g/mol. The van der Waals surface area contributed by atoms with Crippen LogP contribution in [0.4, 0.5) is 35.1 Å². The van der Waals surface area contributed by atoms with Gasteiger partial charge in [-0.05, 0) is 6.42 Å². The Balaban J connectivity index is 4.79. The third kappa shape index (κ3) is 5.11. The SMILES string of the molecule is CCCCCC(CCl)OCC(F)(F)C(F)(F)C(F)(F)C(F)F. The van der Waals surface area contributed by atoms with E-state index in [9.17, 15) is 35.1 Å². The number of halogens is 9. The third-order valence-electron chi connectivity index (χ3n) is 2.95. The van der Waals surface area contributed by atoms with Crippen LogP contribution >= 0.6 is 11.6 Å². The fourth-order valence-electron chi connectivity index (χ4n) is 1.52. The largest absolute Gasteiger partial charge is 0.380 e. The molecule has 0 rings (SSSR count). The molecule has 0 bridgehead atoms. The van der Waals surface area contributed by atoms with E-state index in [0.29, 0.717) is 12.8 Å². The molecule has 134 valence electrons. The number of ether oxygens (including phenoxy) is 1. The van der Waals surface area contributed by atoms with Crippen molar-refractivity contribution in [1.82, 2.24) is 0 Å². The highest BCUT2D eigenvalue weighted by Gasteiger charge is 2.75. The summed E-state index contributed by atoms with van der Waals surface area (Å²) in [6.07, 6.45) is -3.78. The van der Waals surface area contributed by atoms with Crippen molar-refractivity contribution in [3.05, 3.63) is 0 Å². The molecule has 1 atom stereocenters. The van der Waals surface area contributed by atoms with Gasteiger partial charge in [0.05, 0.1) is 6.10 Å². The lowest BCUT2D eigenvalue weighted by molar-refractivity contribution is -0.347. The summed E-state index contributed by atoms with van der Waals surface area (Å²) in [5.41, 5.74) is 0. The maximum Gasteiger partial charge on any atom is 0.380 e. The van der Waals surface area contributed by atoms with E-state index in [-0.39, 0.29) is 12.3 Å². The highest BCUT2D eigenvalue weighted by atomic mass is 35.5. The lowest BCUT2D eigenvalue weighted by Gasteiger charge is -2.32. The average Bonchev–Trinajstić information content (AvgIpc) is 2.42. The minimum Gasteiger partial charge on any atom is -0.370 e. The fraction of sp³-hybridized carbons (Fsp3) is 1.00. The second-order valence-electron chi connectivity index (χ2n) is 4.79. The zero-order valence-electron chi connectivity index (χ0n) is 11.7. The first-order valence-corrected chi connectivity index (χ1v) is 7.06. The molecular formula is C12H17ClF8O. The molecule has 0 aliphatic rings. The van der Waals surface area contributed by atoms with Crippen molar-refractivity contribution in [2.75, 3.05) is 12.5 Å². The van der Waals surface area contributed by atoms with Crippen LogP contribution in [0.3, 0.4) is 0 Å². The van der Waals surface area contributed by atoms with E-state index in [1.165, 1.54) is 0 Å². The highest BCUT2D eigenvalue weighted by molar-refractivity contribution is 6.18. The van der Waals surface area contributed by atoms with Crippen molar-refractivity contribution in [1.29, 1.82) is 0 Å². The van der Waals surface area contributed by atoms with Crippen molar-refractivity contribution in [2.45, 2.75) is 62.9 Å². The first-order valence-electron chi connectivity index (χ1n) is 6.53. The van der Waals surface area contributed by atoms with Gasteiger partial charge in [-0.3, -0.25) is 0 Å². The first-order chi connectivity index (χ1) is 9.94. The van der Waals surface area contributed by atoms with Crippen LogP contribution < -0.4 is 0 Å². The Hall–Kier alpha value is -0.310. The van der Waals surface area contributed by atoms with Crippen LogP contribution in [0.25, 0.3) is 0 Å². The zero-order chi connectivity index (χ0) is 17.6. The Bertz CT molecular complexity index is 324. The molecule has 0 saturated heterocycles. The van der Waals surface area contributed by atoms with Crippen molar-refractivity contribution in [3.63, 3.8) is 0 Å². The fourth-order valence-corrected chi connectivity index (χ4v) is 1.76. The molecule has 1 nitrogen and oxygen atoms in total. The minimum atomic E-state index is -6.24. The van der Waals surface area contributed by atoms with Crippen LogP contribution in [0, 0.1) is 0 Å². The number of rotatable bonds is 11. The molecule has 0 aromatic carbocycles. The molecule has 0 radical (unpaired) electrons. The smallest absolute Gasteiger partial charge is 0.370 e. The Morgan fingerprint density at radius 3 is 1.95 bits per heavy atom. The van der Waals surface area contributed by atoms with E-state index in [2.05, 4.69) is 4.74 Å².